The van der Waals surface area contributed by atoms with Crippen molar-refractivity contribution < 1.29 is 8.42 Å². The van der Waals surface area contributed by atoms with Crippen molar-refractivity contribution in [2.24, 2.45) is 7.05 Å². The van der Waals surface area contributed by atoms with Crippen LogP contribution in [-0.2, 0) is 17.1 Å². The first-order valence-electron chi connectivity index (χ1n) is 4.97. The second-order valence-corrected chi connectivity index (χ2v) is 6.95. The highest BCUT2D eigenvalue weighted by Crippen LogP contribution is 2.31. The summed E-state index contributed by atoms with van der Waals surface area (Å²) in [5, 5.41) is 4.12. The number of halogens is 3. The van der Waals surface area contributed by atoms with Gasteiger partial charge in [-0.3, -0.25) is 9.40 Å². The molecule has 2 rings (SSSR count). The van der Waals surface area contributed by atoms with E-state index in [1.807, 2.05) is 0 Å². The lowest BCUT2D eigenvalue weighted by Crippen LogP contribution is -2.14. The quantitative estimate of drug-likeness (QED) is 0.882. The molecule has 2 aromatic rings. The summed E-state index contributed by atoms with van der Waals surface area (Å²) in [7, 11) is -2.17. The average Bonchev–Trinajstić information content (AvgIpc) is 2.60. The van der Waals surface area contributed by atoms with E-state index < -0.39 is 10.0 Å². The van der Waals surface area contributed by atoms with Gasteiger partial charge in [-0.1, -0.05) is 29.3 Å². The molecule has 9 heteroatoms. The van der Waals surface area contributed by atoms with Crippen molar-refractivity contribution in [1.29, 1.82) is 0 Å². The maximum absolute atomic E-state index is 12.2. The van der Waals surface area contributed by atoms with E-state index in [2.05, 4.69) is 25.8 Å². The van der Waals surface area contributed by atoms with Crippen LogP contribution in [0.5, 0.6) is 0 Å². The van der Waals surface area contributed by atoms with Crippen LogP contribution in [0.25, 0.3) is 0 Å². The normalized spacial score (nSPS) is 11.6. The summed E-state index contributed by atoms with van der Waals surface area (Å²) in [6, 6.07) is 4.39. The molecule has 5 nitrogen and oxygen atoms in total. The first-order valence-corrected chi connectivity index (χ1v) is 8.00. The Hall–Kier alpha value is -0.760. The van der Waals surface area contributed by atoms with Crippen LogP contribution in [0.1, 0.15) is 0 Å². The number of sulfonamides is 1. The predicted octanol–water partition coefficient (Wildman–Crippen LogP) is 3.29. The van der Waals surface area contributed by atoms with Crippen LogP contribution < -0.4 is 4.72 Å². The Labute approximate surface area is 128 Å². The third kappa shape index (κ3) is 3.05. The Balaban J connectivity index is 2.44. The van der Waals surface area contributed by atoms with E-state index in [4.69, 9.17) is 23.2 Å². The Morgan fingerprint density at radius 3 is 2.63 bits per heavy atom. The molecule has 0 spiro atoms. The number of benzene rings is 1. The van der Waals surface area contributed by atoms with Crippen LogP contribution in [0, 0.1) is 0 Å². The zero-order valence-corrected chi connectivity index (χ0v) is 13.5. The van der Waals surface area contributed by atoms with Crippen LogP contribution in [-0.4, -0.2) is 18.2 Å². The number of aryl methyl sites for hydroxylation is 1. The van der Waals surface area contributed by atoms with Gasteiger partial charge in [0, 0.05) is 13.2 Å². The molecule has 0 aliphatic carbocycles. The molecule has 0 unspecified atom stereocenters. The monoisotopic (exact) mass is 383 g/mol. The van der Waals surface area contributed by atoms with Crippen molar-refractivity contribution in [2.45, 2.75) is 4.90 Å². The highest BCUT2D eigenvalue weighted by molar-refractivity contribution is 9.10. The molecule has 1 aromatic carbocycles. The van der Waals surface area contributed by atoms with E-state index in [1.54, 1.807) is 13.2 Å². The Morgan fingerprint density at radius 1 is 1.37 bits per heavy atom. The lowest BCUT2D eigenvalue weighted by atomic mass is 10.4. The van der Waals surface area contributed by atoms with Gasteiger partial charge in [0.1, 0.15) is 4.90 Å². The minimum absolute atomic E-state index is 0.0243. The van der Waals surface area contributed by atoms with Gasteiger partial charge in [0.15, 0.2) is 5.82 Å². The smallest absolute Gasteiger partial charge is 0.264 e. The molecule has 0 atom stereocenters. The molecule has 0 radical (unpaired) electrons. The van der Waals surface area contributed by atoms with Gasteiger partial charge in [-0.2, -0.15) is 5.10 Å². The lowest BCUT2D eigenvalue weighted by Gasteiger charge is -2.08. The van der Waals surface area contributed by atoms with Crippen LogP contribution in [0.3, 0.4) is 0 Å². The Bertz CT molecular complexity index is 730. The summed E-state index contributed by atoms with van der Waals surface area (Å²) < 4.78 is 28.8. The number of hydrogen-bond acceptors (Lipinski definition) is 3. The first kappa shape index (κ1) is 14.6. The van der Waals surface area contributed by atoms with Gasteiger partial charge in [-0.05, 0) is 28.1 Å². The van der Waals surface area contributed by atoms with Crippen molar-refractivity contribution in [3.63, 3.8) is 0 Å². The molecular formula is C10H8BrCl2N3O2S. The Morgan fingerprint density at radius 2 is 2.05 bits per heavy atom. The maximum atomic E-state index is 12.2. The van der Waals surface area contributed by atoms with E-state index in [1.165, 1.54) is 22.9 Å². The summed E-state index contributed by atoms with van der Waals surface area (Å²) in [4.78, 5) is -0.0979. The van der Waals surface area contributed by atoms with Gasteiger partial charge >= 0.3 is 0 Å². The van der Waals surface area contributed by atoms with Crippen LogP contribution in [0.4, 0.5) is 5.82 Å². The number of aromatic nitrogens is 2. The number of rotatable bonds is 3. The fourth-order valence-electron chi connectivity index (χ4n) is 1.40. The van der Waals surface area contributed by atoms with Crippen molar-refractivity contribution in [2.75, 3.05) is 4.72 Å². The molecule has 0 aliphatic heterocycles. The van der Waals surface area contributed by atoms with E-state index in [9.17, 15) is 8.42 Å². The van der Waals surface area contributed by atoms with E-state index >= 15 is 0 Å². The van der Waals surface area contributed by atoms with Gasteiger partial charge in [-0.25, -0.2) is 8.42 Å². The number of hydrogen-bond donors (Lipinski definition) is 1. The molecule has 0 fully saturated rings. The van der Waals surface area contributed by atoms with E-state index in [-0.39, 0.29) is 20.8 Å². The van der Waals surface area contributed by atoms with Gasteiger partial charge in [0.2, 0.25) is 0 Å². The SMILES string of the molecule is Cn1cc(Br)c(NS(=O)(=O)c2cccc(Cl)c2Cl)n1. The average molecular weight is 385 g/mol. The second kappa shape index (κ2) is 5.32. The molecule has 0 saturated heterocycles. The highest BCUT2D eigenvalue weighted by atomic mass is 79.9. The number of nitrogens with zero attached hydrogens (tertiary/aromatic N) is 2. The van der Waals surface area contributed by atoms with Crippen LogP contribution in [0.2, 0.25) is 10.0 Å². The van der Waals surface area contributed by atoms with Crippen molar-refractivity contribution in [1.82, 2.24) is 9.78 Å². The molecular weight excluding hydrogens is 377 g/mol. The summed E-state index contributed by atoms with van der Waals surface area (Å²) in [6.45, 7) is 0. The molecule has 1 aromatic heterocycles. The largest absolute Gasteiger partial charge is 0.273 e. The molecule has 1 heterocycles. The standard InChI is InChI=1S/C10H8BrCl2N3O2S/c1-16-5-6(11)10(14-16)15-19(17,18)8-4-2-3-7(12)9(8)13/h2-5H,1H3,(H,14,15). The molecule has 0 aliphatic rings. The van der Waals surface area contributed by atoms with Crippen molar-refractivity contribution >= 4 is 55.0 Å². The van der Waals surface area contributed by atoms with E-state index in [0.29, 0.717) is 4.47 Å². The summed E-state index contributed by atoms with van der Waals surface area (Å²) in [5.74, 6) is 0.179. The fraction of sp³-hybridized carbons (Fsp3) is 0.100. The Kier molecular flexibility index (Phi) is 4.10. The third-order valence-corrected chi connectivity index (χ3v) is 5.11. The lowest BCUT2D eigenvalue weighted by molar-refractivity contribution is 0.601. The van der Waals surface area contributed by atoms with Crippen LogP contribution in [0.15, 0.2) is 33.8 Å². The molecule has 102 valence electrons. The third-order valence-electron chi connectivity index (χ3n) is 2.22. The van der Waals surface area contributed by atoms with Gasteiger partial charge in [0.25, 0.3) is 10.0 Å². The zero-order chi connectivity index (χ0) is 14.2. The van der Waals surface area contributed by atoms with Crippen molar-refractivity contribution in [3.05, 3.63) is 38.9 Å². The zero-order valence-electron chi connectivity index (χ0n) is 9.56. The molecule has 0 saturated carbocycles. The summed E-state index contributed by atoms with van der Waals surface area (Å²) in [6.07, 6.45) is 1.62. The van der Waals surface area contributed by atoms with Crippen LogP contribution >= 0.6 is 39.1 Å². The maximum Gasteiger partial charge on any atom is 0.264 e. The van der Waals surface area contributed by atoms with Crippen molar-refractivity contribution in [3.8, 4) is 0 Å². The molecule has 0 amide bonds. The molecule has 19 heavy (non-hydrogen) atoms. The highest BCUT2D eigenvalue weighted by Gasteiger charge is 2.21. The van der Waals surface area contributed by atoms with Gasteiger partial charge in [0.05, 0.1) is 14.5 Å². The topological polar surface area (TPSA) is 64.0 Å². The van der Waals surface area contributed by atoms with Gasteiger partial charge < -0.3 is 0 Å². The predicted molar refractivity (Wildman–Crippen MR) is 78.2 cm³/mol. The minimum Gasteiger partial charge on any atom is -0.273 e. The second-order valence-electron chi connectivity index (χ2n) is 3.66. The summed E-state index contributed by atoms with van der Waals surface area (Å²) >= 11 is 14.9. The van der Waals surface area contributed by atoms with E-state index in [0.717, 1.165) is 0 Å². The molecule has 0 bridgehead atoms. The summed E-state index contributed by atoms with van der Waals surface area (Å²) in [5.41, 5.74) is 0. The molecule has 1 N–H and O–H groups in total. The minimum atomic E-state index is -3.85. The fourth-order valence-corrected chi connectivity index (χ4v) is 3.79. The number of anilines is 1. The number of nitrogens with one attached hydrogen (secondary N) is 1. The van der Waals surface area contributed by atoms with Gasteiger partial charge in [-0.15, -0.1) is 0 Å². The first-order chi connectivity index (χ1) is 8.81.